The molecule has 1 amide bonds. The summed E-state index contributed by atoms with van der Waals surface area (Å²) in [5.74, 6) is 6.85. The first-order chi connectivity index (χ1) is 15.6. The normalized spacial score (nSPS) is 13.4. The van der Waals surface area contributed by atoms with Crippen LogP contribution < -0.4 is 11.1 Å². The molecule has 0 spiro atoms. The van der Waals surface area contributed by atoms with E-state index in [4.69, 9.17) is 5.73 Å². The van der Waals surface area contributed by atoms with E-state index in [9.17, 15) is 4.79 Å². The summed E-state index contributed by atoms with van der Waals surface area (Å²) in [6.45, 7) is 2.50. The number of anilines is 1. The van der Waals surface area contributed by atoms with Crippen molar-refractivity contribution in [1.29, 1.82) is 0 Å². The number of aromatic nitrogens is 3. The zero-order valence-corrected chi connectivity index (χ0v) is 18.6. The zero-order chi connectivity index (χ0) is 22.1. The number of carbonyl (C=O) groups excluding carboxylic acids is 1. The van der Waals surface area contributed by atoms with Gasteiger partial charge in [-0.25, -0.2) is 9.97 Å². The van der Waals surface area contributed by atoms with E-state index >= 15 is 0 Å². The van der Waals surface area contributed by atoms with Gasteiger partial charge in [0.05, 0.1) is 10.9 Å². The van der Waals surface area contributed by atoms with Gasteiger partial charge in [0.15, 0.2) is 0 Å². The van der Waals surface area contributed by atoms with E-state index in [0.717, 1.165) is 46.1 Å². The molecule has 1 aliphatic rings. The molecule has 1 aliphatic carbocycles. The number of aryl methyl sites for hydroxylation is 1. The van der Waals surface area contributed by atoms with Gasteiger partial charge in [-0.1, -0.05) is 17.9 Å². The van der Waals surface area contributed by atoms with Crippen molar-refractivity contribution in [3.05, 3.63) is 75.4 Å². The molecular formula is C25H23N5OS. The molecule has 3 N–H and O–H groups in total. The number of thiophene rings is 1. The molecule has 1 aromatic carbocycles. The smallest absolute Gasteiger partial charge is 0.251 e. The average molecular weight is 442 g/mol. The van der Waals surface area contributed by atoms with Gasteiger partial charge in [0.2, 0.25) is 0 Å². The number of carbonyl (C=O) groups is 1. The highest BCUT2D eigenvalue weighted by Crippen LogP contribution is 2.36. The summed E-state index contributed by atoms with van der Waals surface area (Å²) in [6.07, 6.45) is 7.06. The summed E-state index contributed by atoms with van der Waals surface area (Å²) >= 11 is 1.62. The minimum absolute atomic E-state index is 0.113. The van der Waals surface area contributed by atoms with Crippen LogP contribution in [-0.2, 0) is 6.54 Å². The zero-order valence-electron chi connectivity index (χ0n) is 17.8. The maximum absolute atomic E-state index is 12.6. The Labute approximate surface area is 190 Å². The Balaban J connectivity index is 1.45. The Morgan fingerprint density at radius 3 is 2.84 bits per heavy atom. The molecule has 0 unspecified atom stereocenters. The monoisotopic (exact) mass is 441 g/mol. The van der Waals surface area contributed by atoms with Crippen LogP contribution in [0, 0.1) is 18.8 Å². The number of amides is 1. The van der Waals surface area contributed by atoms with Gasteiger partial charge >= 0.3 is 0 Å². The van der Waals surface area contributed by atoms with Crippen molar-refractivity contribution < 1.29 is 4.79 Å². The fraction of sp³-hybridized carbons (Fsp3) is 0.240. The highest BCUT2D eigenvalue weighted by Gasteiger charge is 2.23. The van der Waals surface area contributed by atoms with Gasteiger partial charge in [0.25, 0.3) is 5.91 Å². The predicted octanol–water partition coefficient (Wildman–Crippen LogP) is 4.44. The SMILES string of the molecule is Cc1ccc(C(=O)NCc2ccsc2)cc1C#Cc1cn(C2CCC2)c2ncnc(N)c12. The van der Waals surface area contributed by atoms with Gasteiger partial charge in [-0.3, -0.25) is 4.79 Å². The molecule has 6 nitrogen and oxygen atoms in total. The Bertz CT molecular complexity index is 1360. The number of benzene rings is 1. The minimum Gasteiger partial charge on any atom is -0.383 e. The molecule has 3 aromatic heterocycles. The molecule has 0 bridgehead atoms. The molecule has 0 radical (unpaired) electrons. The van der Waals surface area contributed by atoms with Gasteiger partial charge in [0.1, 0.15) is 17.8 Å². The molecule has 0 atom stereocenters. The molecule has 5 rings (SSSR count). The summed E-state index contributed by atoms with van der Waals surface area (Å²) in [5, 5.41) is 7.80. The lowest BCUT2D eigenvalue weighted by molar-refractivity contribution is 0.0951. The fourth-order valence-corrected chi connectivity index (χ4v) is 4.53. The van der Waals surface area contributed by atoms with Crippen molar-refractivity contribution in [1.82, 2.24) is 19.9 Å². The third-order valence-electron chi connectivity index (χ3n) is 5.97. The summed E-state index contributed by atoms with van der Waals surface area (Å²) in [7, 11) is 0. The van der Waals surface area contributed by atoms with Crippen LogP contribution in [0.4, 0.5) is 5.82 Å². The van der Waals surface area contributed by atoms with E-state index in [1.807, 2.05) is 48.1 Å². The maximum atomic E-state index is 12.6. The van der Waals surface area contributed by atoms with Crippen LogP contribution in [0.15, 0.2) is 47.5 Å². The number of fused-ring (bicyclic) bond motifs is 1. The van der Waals surface area contributed by atoms with Gasteiger partial charge in [-0.2, -0.15) is 11.3 Å². The second-order valence-corrected chi connectivity index (χ2v) is 8.87. The standard InChI is InChI=1S/C25H23N5OS/c1-16-5-6-19(25(31)27-12-17-9-10-32-14-17)11-18(16)7-8-20-13-30(21-3-2-4-21)24-22(20)23(26)28-15-29-24/h5-6,9-11,13-15,21H,2-4,12H2,1H3,(H,27,31)(H2,26,28,29). The van der Waals surface area contributed by atoms with Gasteiger partial charge in [-0.15, -0.1) is 0 Å². The minimum atomic E-state index is -0.113. The van der Waals surface area contributed by atoms with Crippen molar-refractivity contribution in [2.75, 3.05) is 5.73 Å². The quantitative estimate of drug-likeness (QED) is 0.459. The van der Waals surface area contributed by atoms with Crippen LogP contribution in [0.1, 0.15) is 57.9 Å². The largest absolute Gasteiger partial charge is 0.383 e. The van der Waals surface area contributed by atoms with E-state index in [2.05, 4.69) is 31.7 Å². The number of nitrogens with one attached hydrogen (secondary N) is 1. The van der Waals surface area contributed by atoms with Gasteiger partial charge in [0, 0.05) is 29.9 Å². The third kappa shape index (κ3) is 3.85. The van der Waals surface area contributed by atoms with Crippen LogP contribution >= 0.6 is 11.3 Å². The number of hydrogen-bond donors (Lipinski definition) is 2. The van der Waals surface area contributed by atoms with E-state index in [-0.39, 0.29) is 5.91 Å². The first-order valence-electron chi connectivity index (χ1n) is 10.6. The molecule has 0 aliphatic heterocycles. The summed E-state index contributed by atoms with van der Waals surface area (Å²) < 4.78 is 2.18. The second-order valence-electron chi connectivity index (χ2n) is 8.09. The van der Waals surface area contributed by atoms with Crippen LogP contribution in [0.5, 0.6) is 0 Å². The molecule has 160 valence electrons. The third-order valence-corrected chi connectivity index (χ3v) is 6.70. The van der Waals surface area contributed by atoms with E-state index < -0.39 is 0 Å². The highest BCUT2D eigenvalue weighted by molar-refractivity contribution is 7.07. The summed E-state index contributed by atoms with van der Waals surface area (Å²) in [4.78, 5) is 21.3. The molecule has 4 aromatic rings. The number of rotatable bonds is 4. The van der Waals surface area contributed by atoms with E-state index in [1.54, 1.807) is 11.3 Å². The average Bonchev–Trinajstić information content (AvgIpc) is 3.39. The first-order valence-corrected chi connectivity index (χ1v) is 11.6. The number of hydrogen-bond acceptors (Lipinski definition) is 5. The van der Waals surface area contributed by atoms with Crippen molar-refractivity contribution >= 4 is 34.1 Å². The maximum Gasteiger partial charge on any atom is 0.251 e. The molecule has 32 heavy (non-hydrogen) atoms. The van der Waals surface area contributed by atoms with Crippen molar-refractivity contribution in [2.45, 2.75) is 38.8 Å². The van der Waals surface area contributed by atoms with Crippen LogP contribution in [0.25, 0.3) is 11.0 Å². The number of nitrogens with two attached hydrogens (primary N) is 1. The topological polar surface area (TPSA) is 85.8 Å². The first kappa shape index (κ1) is 20.3. The molecular weight excluding hydrogens is 418 g/mol. The van der Waals surface area contributed by atoms with Gasteiger partial charge < -0.3 is 15.6 Å². The highest BCUT2D eigenvalue weighted by atomic mass is 32.1. The Morgan fingerprint density at radius 1 is 1.25 bits per heavy atom. The van der Waals surface area contributed by atoms with Crippen molar-refractivity contribution in [3.8, 4) is 11.8 Å². The lowest BCUT2D eigenvalue weighted by atomic mass is 9.93. The summed E-state index contributed by atoms with van der Waals surface area (Å²) in [5.41, 5.74) is 11.3. The van der Waals surface area contributed by atoms with E-state index in [0.29, 0.717) is 24.0 Å². The molecule has 1 fully saturated rings. The lowest BCUT2D eigenvalue weighted by Gasteiger charge is -2.27. The molecule has 1 saturated carbocycles. The Hall–Kier alpha value is -3.63. The second kappa shape index (κ2) is 8.48. The number of nitrogen functional groups attached to an aromatic ring is 1. The molecule has 7 heteroatoms. The van der Waals surface area contributed by atoms with Crippen LogP contribution in [0.3, 0.4) is 0 Å². The predicted molar refractivity (Wildman–Crippen MR) is 127 cm³/mol. The lowest BCUT2D eigenvalue weighted by Crippen LogP contribution is -2.22. The number of nitrogens with zero attached hydrogens (tertiary/aromatic N) is 3. The Kier molecular flexibility index (Phi) is 5.38. The molecule has 3 heterocycles. The van der Waals surface area contributed by atoms with Crippen LogP contribution in [0.2, 0.25) is 0 Å². The van der Waals surface area contributed by atoms with Crippen molar-refractivity contribution in [2.24, 2.45) is 0 Å². The molecule has 0 saturated heterocycles. The van der Waals surface area contributed by atoms with Crippen LogP contribution in [-0.4, -0.2) is 20.4 Å². The Morgan fingerprint density at radius 2 is 2.09 bits per heavy atom. The summed E-state index contributed by atoms with van der Waals surface area (Å²) in [6, 6.07) is 8.05. The van der Waals surface area contributed by atoms with Gasteiger partial charge in [-0.05, 0) is 66.3 Å². The van der Waals surface area contributed by atoms with Crippen molar-refractivity contribution in [3.63, 3.8) is 0 Å². The van der Waals surface area contributed by atoms with E-state index in [1.165, 1.54) is 12.7 Å². The fourth-order valence-electron chi connectivity index (χ4n) is 3.86.